The maximum Gasteiger partial charge on any atom is 0.414 e. The van der Waals surface area contributed by atoms with Gasteiger partial charge in [0.2, 0.25) is 0 Å². The van der Waals surface area contributed by atoms with Crippen LogP contribution in [0.1, 0.15) is 10.4 Å². The van der Waals surface area contributed by atoms with Crippen LogP contribution in [0, 0.1) is 0 Å². The van der Waals surface area contributed by atoms with E-state index < -0.39 is 6.09 Å². The van der Waals surface area contributed by atoms with Crippen molar-refractivity contribution in [3.05, 3.63) is 54.1 Å². The molecule has 124 valence electrons. The van der Waals surface area contributed by atoms with E-state index in [1.807, 2.05) is 0 Å². The van der Waals surface area contributed by atoms with E-state index in [9.17, 15) is 9.59 Å². The monoisotopic (exact) mass is 327 g/mol. The van der Waals surface area contributed by atoms with Gasteiger partial charge in [0.15, 0.2) is 6.10 Å². The smallest absolute Gasteiger partial charge is 0.414 e. The van der Waals surface area contributed by atoms with Gasteiger partial charge in [0.1, 0.15) is 24.4 Å². The molecule has 0 radical (unpaired) electrons. The molecule has 1 heterocycles. The van der Waals surface area contributed by atoms with Crippen molar-refractivity contribution in [2.45, 2.75) is 6.10 Å². The van der Waals surface area contributed by atoms with Gasteiger partial charge in [0.05, 0.1) is 13.7 Å². The van der Waals surface area contributed by atoms with Crippen LogP contribution in [-0.2, 0) is 4.74 Å². The molecule has 6 nitrogen and oxygen atoms in total. The third-order valence-corrected chi connectivity index (χ3v) is 3.69. The third kappa shape index (κ3) is 3.48. The Hall–Kier alpha value is -3.02. The molecule has 0 aliphatic carbocycles. The van der Waals surface area contributed by atoms with Gasteiger partial charge in [-0.25, -0.2) is 4.79 Å². The lowest BCUT2D eigenvalue weighted by Crippen LogP contribution is -2.26. The Labute approximate surface area is 139 Å². The minimum atomic E-state index is -0.407. The molecule has 0 saturated carbocycles. The summed E-state index contributed by atoms with van der Waals surface area (Å²) in [5, 5.41) is 0. The highest BCUT2D eigenvalue weighted by molar-refractivity contribution is 5.89. The fourth-order valence-corrected chi connectivity index (χ4v) is 2.45. The molecule has 2 aromatic rings. The predicted molar refractivity (Wildman–Crippen MR) is 87.9 cm³/mol. The fourth-order valence-electron chi connectivity index (χ4n) is 2.45. The Morgan fingerprint density at radius 1 is 1.21 bits per heavy atom. The molecule has 24 heavy (non-hydrogen) atoms. The zero-order valence-corrected chi connectivity index (χ0v) is 13.2. The molecule has 0 aromatic heterocycles. The number of amides is 1. The summed E-state index contributed by atoms with van der Waals surface area (Å²) in [4.78, 5) is 24.3. The van der Waals surface area contributed by atoms with Crippen molar-refractivity contribution in [2.75, 3.05) is 25.2 Å². The molecule has 0 bridgehead atoms. The second-order valence-corrected chi connectivity index (χ2v) is 5.32. The van der Waals surface area contributed by atoms with E-state index >= 15 is 0 Å². The van der Waals surface area contributed by atoms with Gasteiger partial charge in [0.25, 0.3) is 0 Å². The summed E-state index contributed by atoms with van der Waals surface area (Å²) in [6, 6.07) is 14.0. The van der Waals surface area contributed by atoms with Crippen LogP contribution in [0.15, 0.2) is 48.5 Å². The summed E-state index contributed by atoms with van der Waals surface area (Å²) >= 11 is 0. The van der Waals surface area contributed by atoms with Gasteiger partial charge < -0.3 is 14.2 Å². The molecule has 1 atom stereocenters. The zero-order chi connectivity index (χ0) is 16.9. The normalized spacial score (nSPS) is 16.6. The number of rotatable bonds is 6. The van der Waals surface area contributed by atoms with Crippen molar-refractivity contribution in [1.29, 1.82) is 0 Å². The topological polar surface area (TPSA) is 65.1 Å². The largest absolute Gasteiger partial charge is 0.497 e. The summed E-state index contributed by atoms with van der Waals surface area (Å²) in [7, 11) is 1.59. The summed E-state index contributed by atoms with van der Waals surface area (Å²) in [5.41, 5.74) is 1.28. The number of methoxy groups -OCH3 is 1. The average Bonchev–Trinajstić information content (AvgIpc) is 3.01. The molecule has 1 amide bonds. The summed E-state index contributed by atoms with van der Waals surface area (Å²) in [6.07, 6.45) is -0.0247. The Kier molecular flexibility index (Phi) is 4.65. The van der Waals surface area contributed by atoms with Gasteiger partial charge in [-0.1, -0.05) is 12.1 Å². The van der Waals surface area contributed by atoms with E-state index in [1.165, 1.54) is 0 Å². The Balaban J connectivity index is 1.60. The van der Waals surface area contributed by atoms with Crippen LogP contribution >= 0.6 is 0 Å². The highest BCUT2D eigenvalue weighted by Gasteiger charge is 2.32. The number of aldehydes is 1. The van der Waals surface area contributed by atoms with Crippen molar-refractivity contribution in [2.24, 2.45) is 0 Å². The van der Waals surface area contributed by atoms with Crippen LogP contribution in [0.4, 0.5) is 10.5 Å². The molecular weight excluding hydrogens is 310 g/mol. The second kappa shape index (κ2) is 7.04. The molecular formula is C18H17NO5. The van der Waals surface area contributed by atoms with Crippen molar-refractivity contribution >= 4 is 18.1 Å². The Morgan fingerprint density at radius 2 is 2.00 bits per heavy atom. The first-order valence-corrected chi connectivity index (χ1v) is 7.50. The summed E-state index contributed by atoms with van der Waals surface area (Å²) in [6.45, 7) is 0.624. The van der Waals surface area contributed by atoms with Gasteiger partial charge in [-0.05, 0) is 36.4 Å². The van der Waals surface area contributed by atoms with E-state index in [0.717, 1.165) is 17.7 Å². The first-order chi connectivity index (χ1) is 11.7. The summed E-state index contributed by atoms with van der Waals surface area (Å²) in [5.74, 6) is 1.29. The van der Waals surface area contributed by atoms with Gasteiger partial charge >= 0.3 is 6.09 Å². The zero-order valence-electron chi connectivity index (χ0n) is 13.2. The van der Waals surface area contributed by atoms with Gasteiger partial charge in [0, 0.05) is 11.3 Å². The SMILES string of the molecule is COc1ccc(N2CC(COc3cccc(C=O)c3)OC2=O)cc1. The van der Waals surface area contributed by atoms with Crippen molar-refractivity contribution in [1.82, 2.24) is 0 Å². The predicted octanol–water partition coefficient (Wildman–Crippen LogP) is 2.91. The first kappa shape index (κ1) is 15.9. The quantitative estimate of drug-likeness (QED) is 0.763. The van der Waals surface area contributed by atoms with Crippen molar-refractivity contribution < 1.29 is 23.8 Å². The van der Waals surface area contributed by atoms with E-state index in [1.54, 1.807) is 60.5 Å². The number of cyclic esters (lactones) is 1. The lowest BCUT2D eigenvalue weighted by molar-refractivity contribution is 0.105. The molecule has 6 heteroatoms. The molecule has 1 aliphatic rings. The van der Waals surface area contributed by atoms with Gasteiger partial charge in [-0.15, -0.1) is 0 Å². The van der Waals surface area contributed by atoms with Crippen LogP contribution in [-0.4, -0.2) is 38.7 Å². The average molecular weight is 327 g/mol. The van der Waals surface area contributed by atoms with Crippen LogP contribution in [0.5, 0.6) is 11.5 Å². The molecule has 3 rings (SSSR count). The molecule has 1 aliphatic heterocycles. The third-order valence-electron chi connectivity index (χ3n) is 3.69. The molecule has 0 N–H and O–H groups in total. The number of hydrogen-bond acceptors (Lipinski definition) is 5. The number of ether oxygens (including phenoxy) is 3. The number of anilines is 1. The second-order valence-electron chi connectivity index (χ2n) is 5.32. The maximum atomic E-state index is 12.0. The van der Waals surface area contributed by atoms with Gasteiger partial charge in [-0.3, -0.25) is 9.69 Å². The maximum absolute atomic E-state index is 12.0. The van der Waals surface area contributed by atoms with E-state index in [4.69, 9.17) is 14.2 Å². The highest BCUT2D eigenvalue weighted by atomic mass is 16.6. The lowest BCUT2D eigenvalue weighted by Gasteiger charge is -2.13. The summed E-state index contributed by atoms with van der Waals surface area (Å²) < 4.78 is 16.0. The molecule has 1 fully saturated rings. The van der Waals surface area contributed by atoms with Crippen LogP contribution in [0.2, 0.25) is 0 Å². The minimum absolute atomic E-state index is 0.223. The Morgan fingerprint density at radius 3 is 2.71 bits per heavy atom. The first-order valence-electron chi connectivity index (χ1n) is 7.50. The molecule has 2 aromatic carbocycles. The van der Waals surface area contributed by atoms with E-state index in [-0.39, 0.29) is 12.7 Å². The van der Waals surface area contributed by atoms with Crippen molar-refractivity contribution in [3.8, 4) is 11.5 Å². The molecule has 1 unspecified atom stereocenters. The number of carbonyl (C=O) groups is 2. The van der Waals surface area contributed by atoms with Crippen molar-refractivity contribution in [3.63, 3.8) is 0 Å². The lowest BCUT2D eigenvalue weighted by atomic mass is 10.2. The van der Waals surface area contributed by atoms with Crippen LogP contribution < -0.4 is 14.4 Å². The molecule has 1 saturated heterocycles. The van der Waals surface area contributed by atoms with E-state index in [2.05, 4.69) is 0 Å². The fraction of sp³-hybridized carbons (Fsp3) is 0.222. The van der Waals surface area contributed by atoms with E-state index in [0.29, 0.717) is 17.9 Å². The number of hydrogen-bond donors (Lipinski definition) is 0. The molecule has 0 spiro atoms. The van der Waals surface area contributed by atoms with Crippen LogP contribution in [0.3, 0.4) is 0 Å². The van der Waals surface area contributed by atoms with Gasteiger partial charge in [-0.2, -0.15) is 0 Å². The Bertz CT molecular complexity index is 728. The highest BCUT2D eigenvalue weighted by Crippen LogP contribution is 2.24. The number of benzene rings is 2. The van der Waals surface area contributed by atoms with Crippen LogP contribution in [0.25, 0.3) is 0 Å². The minimum Gasteiger partial charge on any atom is -0.497 e. The number of carbonyl (C=O) groups excluding carboxylic acids is 2. The number of nitrogens with zero attached hydrogens (tertiary/aromatic N) is 1. The standard InChI is InChI=1S/C18H17NO5/c1-22-15-7-5-14(6-8-15)19-10-17(24-18(19)21)12-23-16-4-2-3-13(9-16)11-20/h2-9,11,17H,10,12H2,1H3.